The van der Waals surface area contributed by atoms with Crippen molar-refractivity contribution in [1.82, 2.24) is 9.97 Å². The number of imidazole rings is 1. The third-order valence-electron chi connectivity index (χ3n) is 5.80. The summed E-state index contributed by atoms with van der Waals surface area (Å²) in [4.78, 5) is 12.1. The van der Waals surface area contributed by atoms with Crippen molar-refractivity contribution in [3.05, 3.63) is 112 Å². The number of nitrogens with one attached hydrogen (secondary N) is 2. The van der Waals surface area contributed by atoms with Crippen LogP contribution in [0.5, 0.6) is 0 Å². The first kappa shape index (κ1) is 22.2. The summed E-state index contributed by atoms with van der Waals surface area (Å²) in [5, 5.41) is 9.58. The molecule has 0 saturated heterocycles. The van der Waals surface area contributed by atoms with E-state index in [9.17, 15) is 5.41 Å². The highest BCUT2D eigenvalue weighted by molar-refractivity contribution is 14.1. The molecule has 0 aliphatic heterocycles. The van der Waals surface area contributed by atoms with E-state index >= 15 is 0 Å². The molecule has 5 aromatic rings. The Bertz CT molecular complexity index is 1440. The van der Waals surface area contributed by atoms with E-state index in [0.717, 1.165) is 42.8 Å². The van der Waals surface area contributed by atoms with Crippen LogP contribution in [0.15, 0.2) is 97.1 Å². The Hall–Kier alpha value is -3.65. The Morgan fingerprint density at radius 2 is 1.44 bits per heavy atom. The van der Waals surface area contributed by atoms with Crippen LogP contribution in [-0.2, 0) is 0 Å². The second kappa shape index (κ2) is 9.30. The number of aryl methyl sites for hydroxylation is 2. The third kappa shape index (κ3) is 4.17. The van der Waals surface area contributed by atoms with E-state index in [-0.39, 0.29) is 5.96 Å². The van der Waals surface area contributed by atoms with Crippen molar-refractivity contribution in [2.75, 3.05) is 9.80 Å². The number of fused-ring (bicyclic) bond motifs is 1. The van der Waals surface area contributed by atoms with Gasteiger partial charge in [0.15, 0.2) is 0 Å². The molecule has 34 heavy (non-hydrogen) atoms. The first-order chi connectivity index (χ1) is 16.5. The van der Waals surface area contributed by atoms with Gasteiger partial charge < -0.3 is 4.98 Å². The summed E-state index contributed by atoms with van der Waals surface area (Å²) in [6, 6.07) is 32.4. The molecule has 0 bridgehead atoms. The molecule has 0 unspecified atom stereocenters. The van der Waals surface area contributed by atoms with Crippen molar-refractivity contribution in [1.29, 1.82) is 5.41 Å². The van der Waals surface area contributed by atoms with E-state index in [1.165, 1.54) is 0 Å². The summed E-state index contributed by atoms with van der Waals surface area (Å²) in [5.41, 5.74) is 6.73. The van der Waals surface area contributed by atoms with Crippen molar-refractivity contribution < 1.29 is 0 Å². The summed E-state index contributed by atoms with van der Waals surface area (Å²) in [6.07, 6.45) is 0. The first-order valence-corrected chi connectivity index (χ1v) is 12.1. The molecular formula is C28H24IN5. The Morgan fingerprint density at radius 1 is 0.765 bits per heavy atom. The van der Waals surface area contributed by atoms with Crippen LogP contribution in [-0.4, -0.2) is 15.9 Å². The minimum atomic E-state index is 0.282. The SMILES string of the molecule is Cc1ccccc1N(C(=N)N(c1ccccc1)c1nc2ccccc2[nH]1)c1cc(I)ccc1C. The van der Waals surface area contributed by atoms with Gasteiger partial charge in [-0.3, -0.25) is 10.3 Å². The minimum absolute atomic E-state index is 0.282. The lowest BCUT2D eigenvalue weighted by Gasteiger charge is -2.34. The number of hydrogen-bond acceptors (Lipinski definition) is 2. The van der Waals surface area contributed by atoms with Gasteiger partial charge in [0, 0.05) is 3.57 Å². The molecule has 0 aliphatic rings. The standard InChI is InChI=1S/C28H24IN5/c1-19-10-6-9-15-25(19)34(26-18-21(29)17-16-20(26)2)27(30)33(22-11-4-3-5-12-22)28-31-23-13-7-8-14-24(23)32-28/h3-18,30H,1-2H3,(H,31,32). The smallest absolute Gasteiger partial charge is 0.215 e. The molecule has 0 atom stereocenters. The van der Waals surface area contributed by atoms with Crippen LogP contribution in [0.3, 0.4) is 0 Å². The monoisotopic (exact) mass is 557 g/mol. The molecule has 0 fully saturated rings. The van der Waals surface area contributed by atoms with Crippen LogP contribution in [0.1, 0.15) is 11.1 Å². The minimum Gasteiger partial charge on any atom is -0.323 e. The summed E-state index contributed by atoms with van der Waals surface area (Å²) in [7, 11) is 0. The van der Waals surface area contributed by atoms with E-state index < -0.39 is 0 Å². The molecule has 1 heterocycles. The number of H-pyrrole nitrogens is 1. The largest absolute Gasteiger partial charge is 0.323 e. The van der Waals surface area contributed by atoms with Gasteiger partial charge in [-0.05, 0) is 90.0 Å². The van der Waals surface area contributed by atoms with Crippen molar-refractivity contribution in [3.63, 3.8) is 0 Å². The van der Waals surface area contributed by atoms with Crippen molar-refractivity contribution in [3.8, 4) is 0 Å². The summed E-state index contributed by atoms with van der Waals surface area (Å²) in [5.74, 6) is 0.879. The molecule has 0 saturated carbocycles. The number of benzene rings is 4. The fourth-order valence-corrected chi connectivity index (χ4v) is 4.54. The van der Waals surface area contributed by atoms with E-state index in [4.69, 9.17) is 4.98 Å². The highest BCUT2D eigenvalue weighted by atomic mass is 127. The maximum absolute atomic E-state index is 9.58. The highest BCUT2D eigenvalue weighted by Gasteiger charge is 2.27. The van der Waals surface area contributed by atoms with Gasteiger partial charge in [-0.2, -0.15) is 0 Å². The Labute approximate surface area is 212 Å². The zero-order valence-corrected chi connectivity index (χ0v) is 21.1. The summed E-state index contributed by atoms with van der Waals surface area (Å²) >= 11 is 2.33. The predicted octanol–water partition coefficient (Wildman–Crippen LogP) is 7.70. The molecule has 168 valence electrons. The molecule has 5 nitrogen and oxygen atoms in total. The van der Waals surface area contributed by atoms with Gasteiger partial charge in [0.25, 0.3) is 0 Å². The molecule has 0 aliphatic carbocycles. The molecule has 1 aromatic heterocycles. The second-order valence-electron chi connectivity index (χ2n) is 8.12. The van der Waals surface area contributed by atoms with E-state index in [0.29, 0.717) is 5.95 Å². The van der Waals surface area contributed by atoms with Gasteiger partial charge in [-0.1, -0.05) is 54.6 Å². The number of anilines is 4. The van der Waals surface area contributed by atoms with Crippen LogP contribution in [0.2, 0.25) is 0 Å². The second-order valence-corrected chi connectivity index (χ2v) is 9.37. The van der Waals surface area contributed by atoms with Crippen LogP contribution >= 0.6 is 22.6 Å². The third-order valence-corrected chi connectivity index (χ3v) is 6.47. The van der Waals surface area contributed by atoms with Gasteiger partial charge in [-0.15, -0.1) is 0 Å². The number of halogens is 1. The fourth-order valence-electron chi connectivity index (χ4n) is 4.06. The molecule has 0 radical (unpaired) electrons. The van der Waals surface area contributed by atoms with Crippen molar-refractivity contribution in [2.45, 2.75) is 13.8 Å². The van der Waals surface area contributed by atoms with Crippen LogP contribution in [0.25, 0.3) is 11.0 Å². The number of hydrogen-bond donors (Lipinski definition) is 2. The lowest BCUT2D eigenvalue weighted by Crippen LogP contribution is -2.40. The summed E-state index contributed by atoms with van der Waals surface area (Å²) in [6.45, 7) is 4.16. The molecule has 0 spiro atoms. The Morgan fingerprint density at radius 3 is 2.21 bits per heavy atom. The van der Waals surface area contributed by atoms with Crippen LogP contribution < -0.4 is 9.80 Å². The van der Waals surface area contributed by atoms with Gasteiger partial charge in [0.1, 0.15) is 0 Å². The van der Waals surface area contributed by atoms with Crippen LogP contribution in [0.4, 0.5) is 23.0 Å². The van der Waals surface area contributed by atoms with Crippen LogP contribution in [0, 0.1) is 22.8 Å². The van der Waals surface area contributed by atoms with Crippen molar-refractivity contribution in [2.24, 2.45) is 0 Å². The van der Waals surface area contributed by atoms with Gasteiger partial charge in [-0.25, -0.2) is 9.88 Å². The molecular weight excluding hydrogens is 533 g/mol. The molecule has 5 rings (SSSR count). The summed E-state index contributed by atoms with van der Waals surface area (Å²) < 4.78 is 1.11. The van der Waals surface area contributed by atoms with Gasteiger partial charge in [0.2, 0.25) is 11.9 Å². The number of aromatic amines is 1. The molecule has 6 heteroatoms. The number of nitrogens with zero attached hydrogens (tertiary/aromatic N) is 3. The maximum Gasteiger partial charge on any atom is 0.215 e. The zero-order chi connectivity index (χ0) is 23.7. The quantitative estimate of drug-likeness (QED) is 0.135. The number of guanidine groups is 1. The average Bonchev–Trinajstić information content (AvgIpc) is 3.27. The lowest BCUT2D eigenvalue weighted by atomic mass is 10.1. The topological polar surface area (TPSA) is 59.0 Å². The Balaban J connectivity index is 1.73. The van der Waals surface area contributed by atoms with Crippen molar-refractivity contribution >= 4 is 62.6 Å². The highest BCUT2D eigenvalue weighted by Crippen LogP contribution is 2.36. The average molecular weight is 557 g/mol. The number of aromatic nitrogens is 2. The zero-order valence-electron chi connectivity index (χ0n) is 19.0. The predicted molar refractivity (Wildman–Crippen MR) is 150 cm³/mol. The van der Waals surface area contributed by atoms with Gasteiger partial charge >= 0.3 is 0 Å². The van der Waals surface area contributed by atoms with E-state index in [1.54, 1.807) is 0 Å². The Kier molecular flexibility index (Phi) is 6.06. The van der Waals surface area contributed by atoms with Gasteiger partial charge in [0.05, 0.1) is 28.1 Å². The fraction of sp³-hybridized carbons (Fsp3) is 0.0714. The van der Waals surface area contributed by atoms with E-state index in [1.807, 2.05) is 76.5 Å². The molecule has 0 amide bonds. The maximum atomic E-state index is 9.58. The number of rotatable bonds is 4. The lowest BCUT2D eigenvalue weighted by molar-refractivity contribution is 1.12. The molecule has 2 N–H and O–H groups in total. The normalized spacial score (nSPS) is 10.9. The van der Waals surface area contributed by atoms with E-state index in [2.05, 4.69) is 71.8 Å². The first-order valence-electron chi connectivity index (χ1n) is 11.0. The number of para-hydroxylation sites is 4. The molecule has 4 aromatic carbocycles.